The van der Waals surface area contributed by atoms with E-state index in [-0.39, 0.29) is 0 Å². The van der Waals surface area contributed by atoms with Crippen LogP contribution < -0.4 is 0 Å². The number of alkyl halides is 4. The van der Waals surface area contributed by atoms with E-state index >= 15 is 0 Å². The van der Waals surface area contributed by atoms with E-state index in [1.165, 1.54) is 0 Å². The van der Waals surface area contributed by atoms with Crippen LogP contribution in [-0.4, -0.2) is 36.7 Å². The summed E-state index contributed by atoms with van der Waals surface area (Å²) >= 11 is 0. The summed E-state index contributed by atoms with van der Waals surface area (Å²) in [5.41, 5.74) is -0.504. The van der Waals surface area contributed by atoms with Crippen LogP contribution >= 0.6 is 0 Å². The summed E-state index contributed by atoms with van der Waals surface area (Å²) in [4.78, 5) is 11.6. The fourth-order valence-electron chi connectivity index (χ4n) is 5.15. The molecule has 4 aliphatic carbocycles. The van der Waals surface area contributed by atoms with Crippen molar-refractivity contribution in [3.05, 3.63) is 0 Å². The molecule has 24 heavy (non-hydrogen) atoms. The van der Waals surface area contributed by atoms with Crippen molar-refractivity contribution in [2.75, 3.05) is 6.61 Å². The van der Waals surface area contributed by atoms with Crippen molar-refractivity contribution in [1.82, 2.24) is 0 Å². The average Bonchev–Trinajstić information content (AvgIpc) is 2.40. The minimum Gasteiger partial charge on any atom is -0.462 e. The molecule has 138 valence electrons. The summed E-state index contributed by atoms with van der Waals surface area (Å²) in [5.74, 6) is -1.34. The molecule has 0 aromatic carbocycles. The van der Waals surface area contributed by atoms with E-state index in [0.29, 0.717) is 37.0 Å². The number of carbonyl (C=O) groups excluding carboxylic acids is 1. The third-order valence-electron chi connectivity index (χ3n) is 5.66. The van der Waals surface area contributed by atoms with Crippen LogP contribution in [0, 0.1) is 23.2 Å². The molecule has 0 amide bonds. The van der Waals surface area contributed by atoms with Crippen molar-refractivity contribution in [1.29, 1.82) is 0 Å². The normalized spacial score (nSPS) is 38.0. The van der Waals surface area contributed by atoms with Crippen molar-refractivity contribution in [2.45, 2.75) is 49.7 Å². The number of halogens is 4. The number of esters is 1. The lowest BCUT2D eigenvalue weighted by Gasteiger charge is -2.56. The largest absolute Gasteiger partial charge is 0.462 e. The molecule has 4 aliphatic rings. The lowest BCUT2D eigenvalue weighted by Crippen LogP contribution is -2.56. The van der Waals surface area contributed by atoms with Crippen LogP contribution in [0.15, 0.2) is 0 Å². The number of rotatable bonds is 4. The molecule has 1 unspecified atom stereocenters. The molecule has 0 radical (unpaired) electrons. The second-order valence-corrected chi connectivity index (χ2v) is 9.07. The molecule has 0 aliphatic heterocycles. The van der Waals surface area contributed by atoms with Crippen molar-refractivity contribution in [3.8, 4) is 0 Å². The van der Waals surface area contributed by atoms with Crippen LogP contribution in [0.1, 0.15) is 38.5 Å². The van der Waals surface area contributed by atoms with Crippen molar-refractivity contribution >= 4 is 16.1 Å². The van der Waals surface area contributed by atoms with Crippen molar-refractivity contribution < 1.29 is 40.1 Å². The molecule has 5 nitrogen and oxygen atoms in total. The van der Waals surface area contributed by atoms with Gasteiger partial charge in [0.1, 0.15) is 0 Å². The Morgan fingerprint density at radius 3 is 1.79 bits per heavy atom. The third kappa shape index (κ3) is 2.71. The zero-order valence-electron chi connectivity index (χ0n) is 12.7. The van der Waals surface area contributed by atoms with Gasteiger partial charge >= 0.3 is 27.3 Å². The highest BCUT2D eigenvalue weighted by atomic mass is 32.2. The van der Waals surface area contributed by atoms with Gasteiger partial charge in [-0.15, -0.1) is 0 Å². The fourth-order valence-corrected chi connectivity index (χ4v) is 5.71. The average molecular weight is 374 g/mol. The maximum Gasteiger partial charge on any atom is 0.451 e. The van der Waals surface area contributed by atoms with Crippen molar-refractivity contribution in [2.24, 2.45) is 23.2 Å². The molecule has 1 atom stereocenters. The highest BCUT2D eigenvalue weighted by molar-refractivity contribution is 7.88. The first-order valence-electron chi connectivity index (χ1n) is 7.76. The first-order chi connectivity index (χ1) is 10.9. The molecule has 4 saturated carbocycles. The first kappa shape index (κ1) is 17.9. The van der Waals surface area contributed by atoms with E-state index in [4.69, 9.17) is 4.55 Å². The molecule has 1 N–H and O–H groups in total. The molecule has 0 aromatic rings. The summed E-state index contributed by atoms with van der Waals surface area (Å²) in [7, 11) is -6.37. The Hall–Kier alpha value is -0.900. The molecule has 10 heteroatoms. The van der Waals surface area contributed by atoms with Crippen LogP contribution in [0.2, 0.25) is 0 Å². The fraction of sp³-hybridized carbons (Fsp3) is 0.929. The van der Waals surface area contributed by atoms with E-state index in [0.717, 1.165) is 19.3 Å². The van der Waals surface area contributed by atoms with E-state index in [1.54, 1.807) is 0 Å². The second-order valence-electron chi connectivity index (χ2n) is 7.56. The highest BCUT2D eigenvalue weighted by Crippen LogP contribution is 2.60. The van der Waals surface area contributed by atoms with E-state index < -0.39 is 39.3 Å². The van der Waals surface area contributed by atoms with Gasteiger partial charge < -0.3 is 4.74 Å². The first-order valence-corrected chi connectivity index (χ1v) is 9.20. The molecule has 0 aromatic heterocycles. The number of carbonyl (C=O) groups is 1. The predicted octanol–water partition coefficient (Wildman–Crippen LogP) is 2.86. The van der Waals surface area contributed by atoms with Crippen LogP contribution in [0.4, 0.5) is 17.6 Å². The SMILES string of the molecule is O=C(OCC12CC3CC(CC(C3)C1)C2)C(F)(C(F)(F)F)S(=O)(=O)O. The molecule has 4 fully saturated rings. The molecule has 4 rings (SSSR count). The highest BCUT2D eigenvalue weighted by Gasteiger charge is 2.73. The number of hydrogen-bond acceptors (Lipinski definition) is 4. The lowest BCUT2D eigenvalue weighted by atomic mass is 9.50. The Morgan fingerprint density at radius 1 is 1.04 bits per heavy atom. The van der Waals surface area contributed by atoms with Gasteiger partial charge in [0.15, 0.2) is 0 Å². The van der Waals surface area contributed by atoms with E-state index in [1.807, 2.05) is 0 Å². The predicted molar refractivity (Wildman–Crippen MR) is 73.0 cm³/mol. The second kappa shape index (κ2) is 5.30. The Labute approximate surface area is 136 Å². The molecule has 0 saturated heterocycles. The van der Waals surface area contributed by atoms with E-state index in [2.05, 4.69) is 4.74 Å². The Bertz CT molecular complexity index is 609. The molecular weight excluding hydrogens is 356 g/mol. The van der Waals surface area contributed by atoms with Crippen LogP contribution in [0.5, 0.6) is 0 Å². The molecule has 0 heterocycles. The summed E-state index contributed by atoms with van der Waals surface area (Å²) in [5, 5.41) is -5.46. The Morgan fingerprint density at radius 2 is 1.46 bits per heavy atom. The standard InChI is InChI=1S/C14H18F4O5S/c15-13(14(16,17)18,24(20,21)22)11(19)23-7-12-4-8-1-9(5-12)3-10(2-8)6-12/h8-10H,1-7H2,(H,20,21,22). The van der Waals surface area contributed by atoms with Gasteiger partial charge in [0, 0.05) is 5.41 Å². The number of ether oxygens (including phenoxy) is 1. The maximum absolute atomic E-state index is 13.9. The molecular formula is C14H18F4O5S. The summed E-state index contributed by atoms with van der Waals surface area (Å²) in [6, 6.07) is 0. The van der Waals surface area contributed by atoms with Gasteiger partial charge in [-0.2, -0.15) is 21.6 Å². The molecule has 4 bridgehead atoms. The summed E-state index contributed by atoms with van der Waals surface area (Å²) < 4.78 is 86.8. The third-order valence-corrected chi connectivity index (χ3v) is 6.77. The quantitative estimate of drug-likeness (QED) is 0.465. The van der Waals surface area contributed by atoms with Gasteiger partial charge in [-0.1, -0.05) is 0 Å². The minimum atomic E-state index is -6.37. The van der Waals surface area contributed by atoms with Gasteiger partial charge in [0.25, 0.3) is 0 Å². The zero-order chi connectivity index (χ0) is 18.0. The Balaban J connectivity index is 1.75. The number of hydrogen-bond donors (Lipinski definition) is 1. The zero-order valence-corrected chi connectivity index (χ0v) is 13.5. The van der Waals surface area contributed by atoms with Gasteiger partial charge in [0.2, 0.25) is 0 Å². The summed E-state index contributed by atoms with van der Waals surface area (Å²) in [6.07, 6.45) is -0.926. The minimum absolute atomic E-state index is 0.425. The van der Waals surface area contributed by atoms with Gasteiger partial charge in [0.05, 0.1) is 6.61 Å². The van der Waals surface area contributed by atoms with Crippen molar-refractivity contribution in [3.63, 3.8) is 0 Å². The monoisotopic (exact) mass is 374 g/mol. The van der Waals surface area contributed by atoms with Gasteiger partial charge in [-0.3, -0.25) is 4.55 Å². The van der Waals surface area contributed by atoms with Crippen LogP contribution in [-0.2, 0) is 19.6 Å². The Kier molecular flexibility index (Phi) is 3.95. The smallest absolute Gasteiger partial charge is 0.451 e. The van der Waals surface area contributed by atoms with Crippen LogP contribution in [0.3, 0.4) is 0 Å². The topological polar surface area (TPSA) is 80.7 Å². The van der Waals surface area contributed by atoms with Gasteiger partial charge in [-0.25, -0.2) is 9.18 Å². The van der Waals surface area contributed by atoms with E-state index in [9.17, 15) is 30.8 Å². The maximum atomic E-state index is 13.9. The van der Waals surface area contributed by atoms with Crippen LogP contribution in [0.25, 0.3) is 0 Å². The lowest BCUT2D eigenvalue weighted by molar-refractivity contribution is -0.219. The summed E-state index contributed by atoms with van der Waals surface area (Å²) in [6.45, 7) is -0.452. The van der Waals surface area contributed by atoms with Gasteiger partial charge in [-0.05, 0) is 56.3 Å². The molecule has 0 spiro atoms.